The van der Waals surface area contributed by atoms with Gasteiger partial charge >= 0.3 is 0 Å². The fourth-order valence-electron chi connectivity index (χ4n) is 2.04. The smallest absolute Gasteiger partial charge is 0.254 e. The molecule has 2 heterocycles. The molecular weight excluding hydrogens is 208 g/mol. The monoisotopic (exact) mass is 224 g/mol. The minimum atomic E-state index is 0.190. The molecule has 2 rings (SSSR count). The summed E-state index contributed by atoms with van der Waals surface area (Å²) >= 11 is 1.58. The molecule has 1 aromatic heterocycles. The van der Waals surface area contributed by atoms with E-state index in [1.165, 1.54) is 0 Å². The van der Waals surface area contributed by atoms with Gasteiger partial charge in [-0.15, -0.1) is 0 Å². The molecule has 0 spiro atoms. The second kappa shape index (κ2) is 4.77. The largest absolute Gasteiger partial charge is 0.338 e. The molecule has 0 bridgehead atoms. The van der Waals surface area contributed by atoms with Crippen LogP contribution >= 0.6 is 11.3 Å². The minimum absolute atomic E-state index is 0.190. The number of amides is 1. The van der Waals surface area contributed by atoms with Crippen molar-refractivity contribution in [3.63, 3.8) is 0 Å². The van der Waals surface area contributed by atoms with Gasteiger partial charge in [-0.25, -0.2) is 0 Å². The molecule has 1 atom stereocenters. The van der Waals surface area contributed by atoms with Crippen LogP contribution < -0.4 is 5.32 Å². The van der Waals surface area contributed by atoms with Crippen LogP contribution in [0.15, 0.2) is 16.8 Å². The Labute approximate surface area is 94.1 Å². The summed E-state index contributed by atoms with van der Waals surface area (Å²) in [5.41, 5.74) is 0.838. The molecule has 1 aliphatic rings. The lowest BCUT2D eigenvalue weighted by Crippen LogP contribution is -2.30. The van der Waals surface area contributed by atoms with E-state index in [9.17, 15) is 4.79 Å². The Morgan fingerprint density at radius 3 is 3.27 bits per heavy atom. The normalized spacial score (nSPS) is 20.9. The lowest BCUT2D eigenvalue weighted by atomic mass is 10.1. The second-order valence-electron chi connectivity index (χ2n) is 3.98. The number of thiophene rings is 1. The maximum Gasteiger partial charge on any atom is 0.254 e. The van der Waals surface area contributed by atoms with Gasteiger partial charge < -0.3 is 10.2 Å². The maximum absolute atomic E-state index is 12.0. The highest BCUT2D eigenvalue weighted by molar-refractivity contribution is 7.08. The number of nitrogens with one attached hydrogen (secondary N) is 1. The quantitative estimate of drug-likeness (QED) is 0.842. The number of rotatable bonds is 3. The van der Waals surface area contributed by atoms with Crippen LogP contribution in [0.4, 0.5) is 0 Å². The van der Waals surface area contributed by atoms with Gasteiger partial charge in [-0.05, 0) is 37.4 Å². The first-order valence-electron chi connectivity index (χ1n) is 5.27. The molecule has 4 heteroatoms. The van der Waals surface area contributed by atoms with Gasteiger partial charge in [0.15, 0.2) is 0 Å². The van der Waals surface area contributed by atoms with Gasteiger partial charge in [-0.1, -0.05) is 0 Å². The van der Waals surface area contributed by atoms with E-state index in [0.717, 1.165) is 31.6 Å². The van der Waals surface area contributed by atoms with E-state index in [4.69, 9.17) is 0 Å². The predicted octanol–water partition coefficient (Wildman–Crippen LogP) is 1.43. The molecule has 82 valence electrons. The molecule has 1 saturated heterocycles. The standard InChI is InChI=1S/C11H16N2OS/c1-12-6-9-2-4-13(7-9)11(14)10-3-5-15-8-10/h3,5,8-9,12H,2,4,6-7H2,1H3. The summed E-state index contributed by atoms with van der Waals surface area (Å²) in [6.07, 6.45) is 1.12. The predicted molar refractivity (Wildman–Crippen MR) is 62.3 cm³/mol. The van der Waals surface area contributed by atoms with Crippen molar-refractivity contribution >= 4 is 17.2 Å². The maximum atomic E-state index is 12.0. The Morgan fingerprint density at radius 2 is 2.60 bits per heavy atom. The SMILES string of the molecule is CNCC1CCN(C(=O)c2ccsc2)C1. The van der Waals surface area contributed by atoms with Crippen LogP contribution in [0.25, 0.3) is 0 Å². The third kappa shape index (κ3) is 2.38. The number of nitrogens with zero attached hydrogens (tertiary/aromatic N) is 1. The van der Waals surface area contributed by atoms with Crippen molar-refractivity contribution in [3.8, 4) is 0 Å². The minimum Gasteiger partial charge on any atom is -0.338 e. The molecule has 1 aliphatic heterocycles. The van der Waals surface area contributed by atoms with Crippen molar-refractivity contribution in [2.45, 2.75) is 6.42 Å². The van der Waals surface area contributed by atoms with Gasteiger partial charge in [0, 0.05) is 18.5 Å². The molecule has 0 aliphatic carbocycles. The van der Waals surface area contributed by atoms with E-state index in [1.807, 2.05) is 28.8 Å². The van der Waals surface area contributed by atoms with Crippen molar-refractivity contribution in [2.75, 3.05) is 26.7 Å². The van der Waals surface area contributed by atoms with E-state index in [-0.39, 0.29) is 5.91 Å². The summed E-state index contributed by atoms with van der Waals surface area (Å²) in [5, 5.41) is 7.05. The van der Waals surface area contributed by atoms with Crippen LogP contribution in [-0.2, 0) is 0 Å². The van der Waals surface area contributed by atoms with Crippen LogP contribution in [0.5, 0.6) is 0 Å². The molecule has 1 aromatic rings. The lowest BCUT2D eigenvalue weighted by molar-refractivity contribution is 0.0788. The van der Waals surface area contributed by atoms with Crippen molar-refractivity contribution in [2.24, 2.45) is 5.92 Å². The Kier molecular flexibility index (Phi) is 3.38. The topological polar surface area (TPSA) is 32.3 Å². The number of hydrogen-bond acceptors (Lipinski definition) is 3. The Hall–Kier alpha value is -0.870. The highest BCUT2D eigenvalue weighted by Crippen LogP contribution is 2.19. The van der Waals surface area contributed by atoms with E-state index < -0.39 is 0 Å². The number of hydrogen-bond donors (Lipinski definition) is 1. The summed E-state index contributed by atoms with van der Waals surface area (Å²) in [6, 6.07) is 1.90. The number of likely N-dealkylation sites (tertiary alicyclic amines) is 1. The van der Waals surface area contributed by atoms with Crippen molar-refractivity contribution < 1.29 is 4.79 Å². The molecule has 1 fully saturated rings. The highest BCUT2D eigenvalue weighted by Gasteiger charge is 2.26. The first-order valence-corrected chi connectivity index (χ1v) is 6.21. The Morgan fingerprint density at radius 1 is 1.73 bits per heavy atom. The molecule has 1 unspecified atom stereocenters. The van der Waals surface area contributed by atoms with Gasteiger partial charge in [0.1, 0.15) is 0 Å². The summed E-state index contributed by atoms with van der Waals surface area (Å²) < 4.78 is 0. The molecule has 3 nitrogen and oxygen atoms in total. The molecule has 1 N–H and O–H groups in total. The first-order chi connectivity index (χ1) is 7.31. The fourth-order valence-corrected chi connectivity index (χ4v) is 2.67. The van der Waals surface area contributed by atoms with E-state index in [2.05, 4.69) is 5.32 Å². The first kappa shape index (κ1) is 10.6. The second-order valence-corrected chi connectivity index (χ2v) is 4.76. The average Bonchev–Trinajstić information content (AvgIpc) is 2.87. The molecule has 0 aromatic carbocycles. The van der Waals surface area contributed by atoms with Gasteiger partial charge in [-0.2, -0.15) is 11.3 Å². The summed E-state index contributed by atoms with van der Waals surface area (Å²) in [6.45, 7) is 2.81. The molecule has 0 saturated carbocycles. The average molecular weight is 224 g/mol. The van der Waals surface area contributed by atoms with Crippen molar-refractivity contribution in [1.82, 2.24) is 10.2 Å². The zero-order chi connectivity index (χ0) is 10.7. The zero-order valence-electron chi connectivity index (χ0n) is 8.90. The van der Waals surface area contributed by atoms with Gasteiger partial charge in [0.25, 0.3) is 5.91 Å². The van der Waals surface area contributed by atoms with Crippen molar-refractivity contribution in [1.29, 1.82) is 0 Å². The molecule has 0 radical (unpaired) electrons. The van der Waals surface area contributed by atoms with Crippen LogP contribution in [0.3, 0.4) is 0 Å². The summed E-state index contributed by atoms with van der Waals surface area (Å²) in [4.78, 5) is 13.9. The van der Waals surface area contributed by atoms with Gasteiger partial charge in [0.05, 0.1) is 5.56 Å². The third-order valence-corrected chi connectivity index (χ3v) is 3.52. The molecular formula is C11H16N2OS. The third-order valence-electron chi connectivity index (χ3n) is 2.83. The highest BCUT2D eigenvalue weighted by atomic mass is 32.1. The van der Waals surface area contributed by atoms with E-state index in [1.54, 1.807) is 11.3 Å². The lowest BCUT2D eigenvalue weighted by Gasteiger charge is -2.15. The van der Waals surface area contributed by atoms with Crippen LogP contribution in [0.2, 0.25) is 0 Å². The number of carbonyl (C=O) groups excluding carboxylic acids is 1. The van der Waals surface area contributed by atoms with Gasteiger partial charge in [-0.3, -0.25) is 4.79 Å². The zero-order valence-corrected chi connectivity index (χ0v) is 9.72. The summed E-state index contributed by atoms with van der Waals surface area (Å²) in [5.74, 6) is 0.812. The van der Waals surface area contributed by atoms with Gasteiger partial charge in [0.2, 0.25) is 0 Å². The number of carbonyl (C=O) groups is 1. The summed E-state index contributed by atoms with van der Waals surface area (Å²) in [7, 11) is 1.96. The Bertz CT molecular complexity index is 323. The van der Waals surface area contributed by atoms with E-state index >= 15 is 0 Å². The van der Waals surface area contributed by atoms with Crippen LogP contribution in [0.1, 0.15) is 16.8 Å². The van der Waals surface area contributed by atoms with E-state index in [0.29, 0.717) is 5.92 Å². The Balaban J connectivity index is 1.93. The molecule has 1 amide bonds. The van der Waals surface area contributed by atoms with Crippen LogP contribution in [-0.4, -0.2) is 37.5 Å². The fraction of sp³-hybridized carbons (Fsp3) is 0.545. The van der Waals surface area contributed by atoms with Crippen molar-refractivity contribution in [3.05, 3.63) is 22.4 Å². The molecule has 15 heavy (non-hydrogen) atoms. The van der Waals surface area contributed by atoms with Crippen LogP contribution in [0, 0.1) is 5.92 Å².